The summed E-state index contributed by atoms with van der Waals surface area (Å²) in [6.07, 6.45) is -0.0819. The molecule has 0 heterocycles. The quantitative estimate of drug-likeness (QED) is 0.641. The zero-order valence-electron chi connectivity index (χ0n) is 10.2. The van der Waals surface area contributed by atoms with Crippen molar-refractivity contribution in [1.82, 2.24) is 0 Å². The minimum Gasteiger partial charge on any atom is -0.398 e. The van der Waals surface area contributed by atoms with E-state index < -0.39 is 17.1 Å². The lowest BCUT2D eigenvalue weighted by Crippen LogP contribution is -2.55. The Kier molecular flexibility index (Phi) is 6.84. The fraction of sp³-hybridized carbons (Fsp3) is 1.00. The van der Waals surface area contributed by atoms with E-state index in [9.17, 15) is 5.11 Å². The molecule has 0 bridgehead atoms. The summed E-state index contributed by atoms with van der Waals surface area (Å²) in [6, 6.07) is 0.807. The van der Waals surface area contributed by atoms with Crippen LogP contribution in [-0.2, 0) is 17.7 Å². The molecule has 0 saturated heterocycles. The summed E-state index contributed by atoms with van der Waals surface area (Å²) in [5.74, 6) is 0. The molecule has 0 saturated carbocycles. The van der Waals surface area contributed by atoms with Crippen LogP contribution < -0.4 is 0 Å². The van der Waals surface area contributed by atoms with Crippen LogP contribution in [0.1, 0.15) is 6.92 Å². The van der Waals surface area contributed by atoms with Gasteiger partial charge >= 0.3 is 17.1 Å². The summed E-state index contributed by atoms with van der Waals surface area (Å²) in [7, 11) is 1.59. The minimum absolute atomic E-state index is 0.0819. The highest BCUT2D eigenvalue weighted by Crippen LogP contribution is 2.25. The van der Waals surface area contributed by atoms with Crippen molar-refractivity contribution in [3.8, 4) is 0 Å². The van der Waals surface area contributed by atoms with E-state index in [4.69, 9.17) is 17.7 Å². The molecule has 0 aromatic rings. The van der Waals surface area contributed by atoms with Gasteiger partial charge in [-0.3, -0.25) is 0 Å². The van der Waals surface area contributed by atoms with Gasteiger partial charge in [0.1, 0.15) is 0 Å². The summed E-state index contributed by atoms with van der Waals surface area (Å²) in [5.41, 5.74) is 0.576. The lowest BCUT2D eigenvalue weighted by Gasteiger charge is -2.34. The Labute approximate surface area is 93.8 Å². The van der Waals surface area contributed by atoms with Gasteiger partial charge < -0.3 is 22.8 Å². The van der Waals surface area contributed by atoms with Crippen molar-refractivity contribution in [2.75, 3.05) is 34.7 Å². The summed E-state index contributed by atoms with van der Waals surface area (Å²) in [4.78, 5) is 0. The molecule has 0 atom stereocenters. The molecule has 7 heteroatoms. The number of aliphatic hydroxyl groups is 1. The van der Waals surface area contributed by atoms with Gasteiger partial charge in [-0.05, 0) is 6.04 Å². The number of rotatable bonds is 8. The molecule has 1 N–H and O–H groups in total. The molecule has 92 valence electrons. The normalized spacial score (nSPS) is 13.2. The van der Waals surface area contributed by atoms with E-state index in [-0.39, 0.29) is 6.23 Å². The molecular formula is C8H22O5Si2. The fourth-order valence-corrected chi connectivity index (χ4v) is 9.67. The molecule has 15 heavy (non-hydrogen) atoms. The Morgan fingerprint density at radius 2 is 1.27 bits per heavy atom. The van der Waals surface area contributed by atoms with E-state index in [0.717, 1.165) is 6.04 Å². The number of aliphatic hydroxyl groups excluding tert-OH is 1. The average Bonchev–Trinajstić information content (AvgIpc) is 2.33. The van der Waals surface area contributed by atoms with Gasteiger partial charge in [-0.2, -0.15) is 0 Å². The molecule has 0 amide bonds. The summed E-state index contributed by atoms with van der Waals surface area (Å²) < 4.78 is 21.6. The molecule has 0 aliphatic carbocycles. The maximum absolute atomic E-state index is 9.35. The molecule has 0 unspecified atom stereocenters. The molecule has 0 aliphatic rings. The van der Waals surface area contributed by atoms with Gasteiger partial charge in [0, 0.05) is 34.1 Å². The summed E-state index contributed by atoms with van der Waals surface area (Å²) in [5, 5.41) is 9.35. The van der Waals surface area contributed by atoms with Crippen LogP contribution in [0.15, 0.2) is 0 Å². The van der Waals surface area contributed by atoms with Crippen molar-refractivity contribution in [1.29, 1.82) is 0 Å². The Bertz CT molecular complexity index is 136. The first-order valence-electron chi connectivity index (χ1n) is 4.89. The SMILES string of the molecule is CC[Si](C[Si](CO)(OC)OC)(OC)OC. The maximum atomic E-state index is 9.35. The van der Waals surface area contributed by atoms with Gasteiger partial charge in [0.15, 0.2) is 0 Å². The van der Waals surface area contributed by atoms with Gasteiger partial charge in [0.2, 0.25) is 0 Å². The second-order valence-corrected chi connectivity index (χ2v) is 11.0. The topological polar surface area (TPSA) is 57.2 Å². The van der Waals surface area contributed by atoms with E-state index in [1.807, 2.05) is 6.92 Å². The van der Waals surface area contributed by atoms with Gasteiger partial charge in [-0.1, -0.05) is 6.92 Å². The highest BCUT2D eigenvalue weighted by molar-refractivity contribution is 6.86. The average molecular weight is 254 g/mol. The van der Waals surface area contributed by atoms with Crippen molar-refractivity contribution in [3.63, 3.8) is 0 Å². The first kappa shape index (κ1) is 15.2. The predicted octanol–water partition coefficient (Wildman–Crippen LogP) is 0.547. The fourth-order valence-electron chi connectivity index (χ4n) is 1.46. The Hall–Kier alpha value is 0.234. The van der Waals surface area contributed by atoms with Crippen molar-refractivity contribution in [2.45, 2.75) is 18.6 Å². The van der Waals surface area contributed by atoms with Crippen molar-refractivity contribution >= 4 is 17.1 Å². The zero-order valence-corrected chi connectivity index (χ0v) is 12.2. The van der Waals surface area contributed by atoms with Crippen LogP contribution in [0.25, 0.3) is 0 Å². The van der Waals surface area contributed by atoms with E-state index >= 15 is 0 Å². The maximum Gasteiger partial charge on any atom is 0.365 e. The van der Waals surface area contributed by atoms with Crippen LogP contribution in [0.5, 0.6) is 0 Å². The predicted molar refractivity (Wildman–Crippen MR) is 61.9 cm³/mol. The van der Waals surface area contributed by atoms with Crippen LogP contribution in [0.4, 0.5) is 0 Å². The number of hydrogen-bond donors (Lipinski definition) is 1. The van der Waals surface area contributed by atoms with Crippen LogP contribution in [0.2, 0.25) is 11.7 Å². The third-order valence-corrected chi connectivity index (χ3v) is 11.7. The zero-order chi connectivity index (χ0) is 11.9. The molecule has 0 rings (SSSR count). The third-order valence-electron chi connectivity index (χ3n) is 2.81. The van der Waals surface area contributed by atoms with Gasteiger partial charge in [0.25, 0.3) is 0 Å². The lowest BCUT2D eigenvalue weighted by molar-refractivity contribution is 0.189. The van der Waals surface area contributed by atoms with Crippen molar-refractivity contribution in [3.05, 3.63) is 0 Å². The van der Waals surface area contributed by atoms with Crippen LogP contribution in [0.3, 0.4) is 0 Å². The lowest BCUT2D eigenvalue weighted by atomic mass is 11.0. The van der Waals surface area contributed by atoms with Gasteiger partial charge in [-0.25, -0.2) is 0 Å². The second-order valence-electron chi connectivity index (χ2n) is 3.33. The largest absolute Gasteiger partial charge is 0.398 e. The molecule has 0 spiro atoms. The monoisotopic (exact) mass is 254 g/mol. The molecule has 0 aromatic carbocycles. The number of hydrogen-bond acceptors (Lipinski definition) is 5. The van der Waals surface area contributed by atoms with Crippen LogP contribution in [0, 0.1) is 0 Å². The Balaban J connectivity index is 4.74. The third kappa shape index (κ3) is 3.63. The van der Waals surface area contributed by atoms with Gasteiger partial charge in [-0.15, -0.1) is 0 Å². The van der Waals surface area contributed by atoms with Crippen molar-refractivity contribution < 1.29 is 22.8 Å². The molecule has 0 aromatic heterocycles. The van der Waals surface area contributed by atoms with Gasteiger partial charge in [0.05, 0.1) is 6.23 Å². The van der Waals surface area contributed by atoms with E-state index in [2.05, 4.69) is 0 Å². The first-order valence-corrected chi connectivity index (χ1v) is 9.35. The Morgan fingerprint density at radius 1 is 0.867 bits per heavy atom. The molecule has 5 nitrogen and oxygen atoms in total. The summed E-state index contributed by atoms with van der Waals surface area (Å²) in [6.45, 7) is 2.01. The molecule has 0 aliphatic heterocycles. The Morgan fingerprint density at radius 3 is 1.47 bits per heavy atom. The standard InChI is InChI=1S/C8H22O5Si2/c1-6-14(10-2,11-3)8-15(7-9,12-4)13-5/h9H,6-8H2,1-5H3. The molecular weight excluding hydrogens is 232 g/mol. The van der Waals surface area contributed by atoms with E-state index in [1.165, 1.54) is 0 Å². The highest BCUT2D eigenvalue weighted by Gasteiger charge is 2.48. The smallest absolute Gasteiger partial charge is 0.365 e. The second kappa shape index (κ2) is 6.74. The first-order chi connectivity index (χ1) is 7.07. The van der Waals surface area contributed by atoms with Crippen LogP contribution in [-0.4, -0.2) is 56.9 Å². The molecule has 0 radical (unpaired) electrons. The summed E-state index contributed by atoms with van der Waals surface area (Å²) >= 11 is 0. The minimum atomic E-state index is -2.55. The van der Waals surface area contributed by atoms with E-state index in [1.54, 1.807) is 28.4 Å². The molecule has 0 fully saturated rings. The van der Waals surface area contributed by atoms with Crippen molar-refractivity contribution in [2.24, 2.45) is 0 Å². The highest BCUT2D eigenvalue weighted by atomic mass is 28.4. The van der Waals surface area contributed by atoms with E-state index in [0.29, 0.717) is 5.67 Å². The van der Waals surface area contributed by atoms with Crippen LogP contribution >= 0.6 is 0 Å².